The van der Waals surface area contributed by atoms with Gasteiger partial charge < -0.3 is 14.8 Å². The van der Waals surface area contributed by atoms with Crippen molar-refractivity contribution in [3.8, 4) is 5.75 Å². The molecule has 1 N–H and O–H groups in total. The first-order chi connectivity index (χ1) is 8.43. The lowest BCUT2D eigenvalue weighted by atomic mass is 10.0. The molecule has 0 aromatic heterocycles. The highest BCUT2D eigenvalue weighted by Gasteiger charge is 2.25. The van der Waals surface area contributed by atoms with E-state index >= 15 is 0 Å². The zero-order valence-electron chi connectivity index (χ0n) is 10.0. The first-order valence-electron chi connectivity index (χ1n) is 6.47. The average molecular weight is 233 g/mol. The quantitative estimate of drug-likeness (QED) is 0.865. The molecule has 1 aromatic rings. The molecule has 0 amide bonds. The lowest BCUT2D eigenvalue weighted by Crippen LogP contribution is -2.33. The Kier molecular flexibility index (Phi) is 3.29. The molecule has 2 aliphatic rings. The first-order valence-corrected chi connectivity index (χ1v) is 6.47. The molecule has 3 heteroatoms. The summed E-state index contributed by atoms with van der Waals surface area (Å²) in [5.74, 6) is 1.45. The summed E-state index contributed by atoms with van der Waals surface area (Å²) < 4.78 is 11.7. The number of ether oxygens (including phenoxy) is 2. The monoisotopic (exact) mass is 233 g/mol. The molecule has 1 atom stereocenters. The summed E-state index contributed by atoms with van der Waals surface area (Å²) in [6.45, 7) is 3.73. The number of hydrogen-bond donors (Lipinski definition) is 1. The Balaban J connectivity index is 1.56. The summed E-state index contributed by atoms with van der Waals surface area (Å²) in [6, 6.07) is 8.29. The molecule has 0 aliphatic carbocycles. The van der Waals surface area contributed by atoms with Gasteiger partial charge in [-0.15, -0.1) is 0 Å². The van der Waals surface area contributed by atoms with E-state index in [0.717, 1.165) is 44.9 Å². The number of hydrogen-bond acceptors (Lipinski definition) is 3. The van der Waals surface area contributed by atoms with Crippen LogP contribution in [0, 0.1) is 0 Å². The van der Waals surface area contributed by atoms with Crippen molar-refractivity contribution in [3.63, 3.8) is 0 Å². The summed E-state index contributed by atoms with van der Waals surface area (Å²) in [5, 5.41) is 3.35. The fourth-order valence-electron chi connectivity index (χ4n) is 2.58. The van der Waals surface area contributed by atoms with Crippen LogP contribution in [-0.4, -0.2) is 32.4 Å². The Labute approximate surface area is 102 Å². The van der Waals surface area contributed by atoms with Crippen LogP contribution in [0.5, 0.6) is 5.75 Å². The average Bonchev–Trinajstić information content (AvgIpc) is 2.81. The van der Waals surface area contributed by atoms with Crippen molar-refractivity contribution in [3.05, 3.63) is 29.8 Å². The Morgan fingerprint density at radius 2 is 2.06 bits per heavy atom. The number of rotatable bonds is 3. The van der Waals surface area contributed by atoms with Crippen LogP contribution < -0.4 is 10.1 Å². The molecule has 1 unspecified atom stereocenters. The molecule has 0 radical (unpaired) electrons. The van der Waals surface area contributed by atoms with Gasteiger partial charge in [0.05, 0.1) is 19.3 Å². The Bertz CT molecular complexity index is 374. The Morgan fingerprint density at radius 3 is 2.94 bits per heavy atom. The van der Waals surface area contributed by atoms with Gasteiger partial charge in [0.1, 0.15) is 5.75 Å². The van der Waals surface area contributed by atoms with Gasteiger partial charge in [0.25, 0.3) is 0 Å². The second kappa shape index (κ2) is 5.07. The number of fused-ring (bicyclic) bond motifs is 1. The second-order valence-corrected chi connectivity index (χ2v) is 4.83. The number of para-hydroxylation sites is 1. The highest BCUT2D eigenvalue weighted by atomic mass is 16.5. The van der Waals surface area contributed by atoms with Gasteiger partial charge in [0.2, 0.25) is 0 Å². The van der Waals surface area contributed by atoms with Crippen molar-refractivity contribution in [2.75, 3.05) is 26.3 Å². The molecule has 0 bridgehead atoms. The molecule has 92 valence electrons. The van der Waals surface area contributed by atoms with Gasteiger partial charge in [-0.3, -0.25) is 0 Å². The van der Waals surface area contributed by atoms with Crippen LogP contribution in [0.4, 0.5) is 0 Å². The molecule has 3 nitrogen and oxygen atoms in total. The minimum atomic E-state index is 0.418. The third-order valence-corrected chi connectivity index (χ3v) is 3.62. The molecule has 1 aromatic carbocycles. The van der Waals surface area contributed by atoms with E-state index in [1.54, 1.807) is 0 Å². The van der Waals surface area contributed by atoms with Crippen LogP contribution in [-0.2, 0) is 4.74 Å². The fraction of sp³-hybridized carbons (Fsp3) is 0.571. The summed E-state index contributed by atoms with van der Waals surface area (Å²) in [7, 11) is 0. The molecule has 0 saturated carbocycles. The SMILES string of the molecule is c1ccc2c(c1)OCC2COC1CCNCC1. The van der Waals surface area contributed by atoms with E-state index < -0.39 is 0 Å². The van der Waals surface area contributed by atoms with Crippen LogP contribution in [0.2, 0.25) is 0 Å². The maximum atomic E-state index is 6.00. The van der Waals surface area contributed by atoms with Crippen molar-refractivity contribution >= 4 is 0 Å². The van der Waals surface area contributed by atoms with Crippen LogP contribution in [0.3, 0.4) is 0 Å². The van der Waals surface area contributed by atoms with E-state index in [4.69, 9.17) is 9.47 Å². The van der Waals surface area contributed by atoms with Crippen molar-refractivity contribution in [2.45, 2.75) is 24.9 Å². The van der Waals surface area contributed by atoms with E-state index in [0.29, 0.717) is 12.0 Å². The summed E-state index contributed by atoms with van der Waals surface area (Å²) in [6.07, 6.45) is 2.70. The third kappa shape index (κ3) is 2.45. The smallest absolute Gasteiger partial charge is 0.123 e. The fourth-order valence-corrected chi connectivity index (χ4v) is 2.58. The third-order valence-electron chi connectivity index (χ3n) is 3.62. The molecule has 1 fully saturated rings. The van der Waals surface area contributed by atoms with Crippen molar-refractivity contribution in [2.24, 2.45) is 0 Å². The van der Waals surface area contributed by atoms with E-state index in [2.05, 4.69) is 17.4 Å². The number of benzene rings is 1. The molecule has 1 saturated heterocycles. The molecule has 3 rings (SSSR count). The van der Waals surface area contributed by atoms with E-state index in [1.165, 1.54) is 5.56 Å². The van der Waals surface area contributed by atoms with Crippen molar-refractivity contribution < 1.29 is 9.47 Å². The lowest BCUT2D eigenvalue weighted by Gasteiger charge is -2.24. The maximum Gasteiger partial charge on any atom is 0.123 e. The normalized spacial score (nSPS) is 24.4. The summed E-state index contributed by atoms with van der Waals surface area (Å²) in [5.41, 5.74) is 1.31. The largest absolute Gasteiger partial charge is 0.493 e. The molecule has 0 spiro atoms. The van der Waals surface area contributed by atoms with E-state index in [9.17, 15) is 0 Å². The van der Waals surface area contributed by atoms with Crippen LogP contribution in [0.25, 0.3) is 0 Å². The molecule has 2 heterocycles. The lowest BCUT2D eigenvalue weighted by molar-refractivity contribution is 0.0218. The Morgan fingerprint density at radius 1 is 1.24 bits per heavy atom. The second-order valence-electron chi connectivity index (χ2n) is 4.83. The predicted molar refractivity (Wildman–Crippen MR) is 66.5 cm³/mol. The summed E-state index contributed by atoms with van der Waals surface area (Å²) >= 11 is 0. The van der Waals surface area contributed by atoms with Crippen molar-refractivity contribution in [1.82, 2.24) is 5.32 Å². The Hall–Kier alpha value is -1.06. The van der Waals surface area contributed by atoms with Crippen LogP contribution >= 0.6 is 0 Å². The highest BCUT2D eigenvalue weighted by Crippen LogP contribution is 2.33. The standard InChI is InChI=1S/C14H19NO2/c1-2-4-14-13(3-1)11(10-17-14)9-16-12-5-7-15-8-6-12/h1-4,11-12,15H,5-10H2. The van der Waals surface area contributed by atoms with Gasteiger partial charge in [-0.1, -0.05) is 18.2 Å². The van der Waals surface area contributed by atoms with Gasteiger partial charge in [-0.25, -0.2) is 0 Å². The minimum absolute atomic E-state index is 0.418. The molecular formula is C14H19NO2. The highest BCUT2D eigenvalue weighted by molar-refractivity contribution is 5.39. The molecular weight excluding hydrogens is 214 g/mol. The predicted octanol–water partition coefficient (Wildman–Crippen LogP) is 1.93. The zero-order valence-corrected chi connectivity index (χ0v) is 10.0. The number of piperidine rings is 1. The van der Waals surface area contributed by atoms with Crippen molar-refractivity contribution in [1.29, 1.82) is 0 Å². The van der Waals surface area contributed by atoms with E-state index in [-0.39, 0.29) is 0 Å². The van der Waals surface area contributed by atoms with Gasteiger partial charge in [-0.05, 0) is 32.0 Å². The first kappa shape index (κ1) is 11.1. The maximum absolute atomic E-state index is 6.00. The summed E-state index contributed by atoms with van der Waals surface area (Å²) in [4.78, 5) is 0. The van der Waals surface area contributed by atoms with E-state index in [1.807, 2.05) is 12.1 Å². The molecule has 2 aliphatic heterocycles. The number of nitrogens with one attached hydrogen (secondary N) is 1. The van der Waals surface area contributed by atoms with Gasteiger partial charge >= 0.3 is 0 Å². The van der Waals surface area contributed by atoms with Crippen LogP contribution in [0.1, 0.15) is 24.3 Å². The van der Waals surface area contributed by atoms with Crippen LogP contribution in [0.15, 0.2) is 24.3 Å². The minimum Gasteiger partial charge on any atom is -0.493 e. The van der Waals surface area contributed by atoms with Gasteiger partial charge in [-0.2, -0.15) is 0 Å². The molecule has 17 heavy (non-hydrogen) atoms. The topological polar surface area (TPSA) is 30.5 Å². The van der Waals surface area contributed by atoms with Gasteiger partial charge in [0.15, 0.2) is 0 Å². The zero-order chi connectivity index (χ0) is 11.5. The van der Waals surface area contributed by atoms with Gasteiger partial charge in [0, 0.05) is 11.5 Å².